The van der Waals surface area contributed by atoms with E-state index in [0.29, 0.717) is 24.8 Å². The van der Waals surface area contributed by atoms with Crippen molar-refractivity contribution in [2.75, 3.05) is 27.2 Å². The quantitative estimate of drug-likeness (QED) is 0.647. The van der Waals surface area contributed by atoms with Crippen molar-refractivity contribution in [3.8, 4) is 0 Å². The number of benzene rings is 1. The van der Waals surface area contributed by atoms with Gasteiger partial charge in [-0.15, -0.1) is 0 Å². The number of aromatic amines is 1. The first-order valence-electron chi connectivity index (χ1n) is 9.46. The van der Waals surface area contributed by atoms with Crippen LogP contribution in [0.4, 0.5) is 0 Å². The summed E-state index contributed by atoms with van der Waals surface area (Å²) in [6.45, 7) is 0.894. The van der Waals surface area contributed by atoms with Gasteiger partial charge in [-0.05, 0) is 11.6 Å². The molecule has 9 nitrogen and oxygen atoms in total. The zero-order valence-electron chi connectivity index (χ0n) is 16.3. The molecule has 4 rings (SSSR count). The third kappa shape index (κ3) is 3.73. The number of aromatic nitrogens is 3. The molecule has 29 heavy (non-hydrogen) atoms. The van der Waals surface area contributed by atoms with Crippen LogP contribution in [0, 0.1) is 5.92 Å². The standard InChI is InChI=1S/C20H23N5O4/c1-21-19(27)14-9-25(10-15(14)20-23-17(11-28-2)24-29-20)18(26)7-12-8-22-16-6-4-3-5-13(12)16/h3-6,8,14-15,22H,7,9-11H2,1-2H3,(H,21,27)/t14-,15-/m1/s1. The van der Waals surface area contributed by atoms with E-state index in [9.17, 15) is 9.59 Å². The lowest BCUT2D eigenvalue weighted by molar-refractivity contribution is -0.130. The maximum atomic E-state index is 13.0. The third-order valence-corrected chi connectivity index (χ3v) is 5.35. The summed E-state index contributed by atoms with van der Waals surface area (Å²) in [5.41, 5.74) is 1.93. The Bertz CT molecular complexity index is 1030. The molecular formula is C20H23N5O4. The monoisotopic (exact) mass is 397 g/mol. The first-order chi connectivity index (χ1) is 14.1. The van der Waals surface area contributed by atoms with E-state index in [0.717, 1.165) is 16.5 Å². The first kappa shape index (κ1) is 19.1. The predicted octanol–water partition coefficient (Wildman–Crippen LogP) is 1.23. The van der Waals surface area contributed by atoms with Gasteiger partial charge in [0.25, 0.3) is 0 Å². The second kappa shape index (κ2) is 8.04. The summed E-state index contributed by atoms with van der Waals surface area (Å²) < 4.78 is 10.4. The van der Waals surface area contributed by atoms with Crippen molar-refractivity contribution in [1.29, 1.82) is 0 Å². The van der Waals surface area contributed by atoms with E-state index < -0.39 is 5.92 Å². The van der Waals surface area contributed by atoms with Gasteiger partial charge >= 0.3 is 0 Å². The largest absolute Gasteiger partial charge is 0.377 e. The lowest BCUT2D eigenvalue weighted by atomic mass is 9.95. The number of hydrogen-bond acceptors (Lipinski definition) is 6. The summed E-state index contributed by atoms with van der Waals surface area (Å²) in [6.07, 6.45) is 2.12. The summed E-state index contributed by atoms with van der Waals surface area (Å²) in [5.74, 6) is -0.204. The molecular weight excluding hydrogens is 374 g/mol. The molecule has 9 heteroatoms. The number of carbonyl (C=O) groups excluding carboxylic acids is 2. The molecule has 1 aromatic carbocycles. The number of ether oxygens (including phenoxy) is 1. The molecule has 2 N–H and O–H groups in total. The molecule has 1 aliphatic heterocycles. The molecule has 0 radical (unpaired) electrons. The molecule has 2 aromatic heterocycles. The van der Waals surface area contributed by atoms with Gasteiger partial charge in [0.2, 0.25) is 17.7 Å². The number of para-hydroxylation sites is 1. The van der Waals surface area contributed by atoms with Crippen LogP contribution in [0.15, 0.2) is 35.0 Å². The van der Waals surface area contributed by atoms with Crippen LogP contribution in [0.25, 0.3) is 10.9 Å². The second-order valence-corrected chi connectivity index (χ2v) is 7.14. The van der Waals surface area contributed by atoms with Crippen LogP contribution in [0.1, 0.15) is 23.2 Å². The minimum Gasteiger partial charge on any atom is -0.377 e. The van der Waals surface area contributed by atoms with Gasteiger partial charge in [-0.2, -0.15) is 4.98 Å². The highest BCUT2D eigenvalue weighted by atomic mass is 16.5. The number of nitrogens with one attached hydrogen (secondary N) is 2. The molecule has 0 spiro atoms. The Kier molecular flexibility index (Phi) is 5.30. The van der Waals surface area contributed by atoms with Crippen molar-refractivity contribution in [2.45, 2.75) is 18.9 Å². The van der Waals surface area contributed by atoms with Crippen LogP contribution < -0.4 is 5.32 Å². The summed E-state index contributed by atoms with van der Waals surface area (Å²) >= 11 is 0. The molecule has 1 saturated heterocycles. The maximum absolute atomic E-state index is 13.0. The molecule has 0 aliphatic carbocycles. The van der Waals surface area contributed by atoms with Gasteiger partial charge in [-0.3, -0.25) is 9.59 Å². The Morgan fingerprint density at radius 2 is 2.17 bits per heavy atom. The minimum absolute atomic E-state index is 0.0391. The predicted molar refractivity (Wildman–Crippen MR) is 104 cm³/mol. The van der Waals surface area contributed by atoms with E-state index >= 15 is 0 Å². The fourth-order valence-corrected chi connectivity index (χ4v) is 3.87. The van der Waals surface area contributed by atoms with Gasteiger partial charge in [-0.1, -0.05) is 23.4 Å². The van der Waals surface area contributed by atoms with E-state index in [-0.39, 0.29) is 30.8 Å². The average molecular weight is 397 g/mol. The van der Waals surface area contributed by atoms with Gasteiger partial charge in [0.15, 0.2) is 5.82 Å². The van der Waals surface area contributed by atoms with Crippen LogP contribution in [-0.4, -0.2) is 59.1 Å². The Morgan fingerprint density at radius 1 is 1.34 bits per heavy atom. The number of carbonyl (C=O) groups is 2. The first-order valence-corrected chi connectivity index (χ1v) is 9.46. The Hall–Kier alpha value is -3.20. The number of likely N-dealkylation sites (tertiary alicyclic amines) is 1. The van der Waals surface area contributed by atoms with Gasteiger partial charge in [-0.25, -0.2) is 0 Å². The molecule has 0 saturated carbocycles. The van der Waals surface area contributed by atoms with Crippen LogP contribution >= 0.6 is 0 Å². The smallest absolute Gasteiger partial charge is 0.232 e. The van der Waals surface area contributed by atoms with Crippen molar-refractivity contribution < 1.29 is 18.8 Å². The number of nitrogens with zero attached hydrogens (tertiary/aromatic N) is 3. The normalized spacial score (nSPS) is 19.0. The van der Waals surface area contributed by atoms with Crippen molar-refractivity contribution in [3.05, 3.63) is 47.7 Å². The van der Waals surface area contributed by atoms with Gasteiger partial charge in [0.05, 0.1) is 18.3 Å². The number of H-pyrrole nitrogens is 1. The Morgan fingerprint density at radius 3 is 2.97 bits per heavy atom. The van der Waals surface area contributed by atoms with E-state index in [2.05, 4.69) is 20.4 Å². The van der Waals surface area contributed by atoms with Crippen molar-refractivity contribution >= 4 is 22.7 Å². The molecule has 3 heterocycles. The Labute approximate surface area is 167 Å². The summed E-state index contributed by atoms with van der Waals surface area (Å²) in [4.78, 5) is 34.6. The van der Waals surface area contributed by atoms with E-state index in [4.69, 9.17) is 9.26 Å². The maximum Gasteiger partial charge on any atom is 0.232 e. The van der Waals surface area contributed by atoms with Crippen LogP contribution in [0.3, 0.4) is 0 Å². The highest BCUT2D eigenvalue weighted by Crippen LogP contribution is 2.33. The lowest BCUT2D eigenvalue weighted by Gasteiger charge is -2.15. The molecule has 0 unspecified atom stereocenters. The summed E-state index contributed by atoms with van der Waals surface area (Å²) in [6, 6.07) is 7.87. The number of hydrogen-bond donors (Lipinski definition) is 2. The summed E-state index contributed by atoms with van der Waals surface area (Å²) in [5, 5.41) is 7.58. The minimum atomic E-state index is -0.442. The highest BCUT2D eigenvalue weighted by Gasteiger charge is 2.43. The van der Waals surface area contributed by atoms with Crippen LogP contribution in [0.5, 0.6) is 0 Å². The van der Waals surface area contributed by atoms with E-state index in [1.807, 2.05) is 30.5 Å². The van der Waals surface area contributed by atoms with Crippen molar-refractivity contribution in [1.82, 2.24) is 25.3 Å². The number of rotatable bonds is 6. The third-order valence-electron chi connectivity index (χ3n) is 5.35. The van der Waals surface area contributed by atoms with E-state index in [1.165, 1.54) is 0 Å². The number of methoxy groups -OCH3 is 1. The molecule has 152 valence electrons. The molecule has 2 atom stereocenters. The topological polar surface area (TPSA) is 113 Å². The average Bonchev–Trinajstić information content (AvgIpc) is 3.46. The van der Waals surface area contributed by atoms with Gasteiger partial charge in [0, 0.05) is 44.3 Å². The zero-order valence-corrected chi connectivity index (χ0v) is 16.3. The molecule has 2 amide bonds. The second-order valence-electron chi connectivity index (χ2n) is 7.14. The Balaban J connectivity index is 1.53. The fourth-order valence-electron chi connectivity index (χ4n) is 3.87. The lowest BCUT2D eigenvalue weighted by Crippen LogP contribution is -2.34. The van der Waals surface area contributed by atoms with Crippen molar-refractivity contribution in [3.63, 3.8) is 0 Å². The molecule has 1 fully saturated rings. The van der Waals surface area contributed by atoms with Crippen LogP contribution in [-0.2, 0) is 27.4 Å². The van der Waals surface area contributed by atoms with Crippen molar-refractivity contribution in [2.24, 2.45) is 5.92 Å². The fraction of sp³-hybridized carbons (Fsp3) is 0.400. The van der Waals surface area contributed by atoms with Gasteiger partial charge < -0.3 is 24.5 Å². The highest BCUT2D eigenvalue weighted by molar-refractivity contribution is 5.89. The van der Waals surface area contributed by atoms with E-state index in [1.54, 1.807) is 19.1 Å². The van der Waals surface area contributed by atoms with Gasteiger partial charge in [0.1, 0.15) is 6.61 Å². The summed E-state index contributed by atoms with van der Waals surface area (Å²) in [7, 11) is 3.13. The zero-order chi connectivity index (χ0) is 20.4. The molecule has 1 aliphatic rings. The number of fused-ring (bicyclic) bond motifs is 1. The molecule has 0 bridgehead atoms. The number of amides is 2. The SMILES string of the molecule is CNC(=O)[C@@H]1CN(C(=O)Cc2c[nH]c3ccccc23)C[C@H]1c1nc(COC)no1. The van der Waals surface area contributed by atoms with Crippen LogP contribution in [0.2, 0.25) is 0 Å². The molecule has 3 aromatic rings.